The molecule has 2 N–H and O–H groups in total. The molecule has 1 fully saturated rings. The first-order valence-electron chi connectivity index (χ1n) is 7.58. The second-order valence-electron chi connectivity index (χ2n) is 5.39. The Hall–Kier alpha value is -1.89. The Morgan fingerprint density at radius 1 is 1.48 bits per heavy atom. The maximum atomic E-state index is 12.2. The number of ether oxygens (including phenoxy) is 1. The molecule has 2 aromatic rings. The van der Waals surface area contributed by atoms with Crippen LogP contribution in [-0.2, 0) is 4.74 Å². The zero-order valence-electron chi connectivity index (χ0n) is 12.7. The van der Waals surface area contributed by atoms with Crippen molar-refractivity contribution < 1.29 is 9.53 Å². The molecule has 23 heavy (non-hydrogen) atoms. The SMILES string of the molecule is O=C(NC[C@@H](c1cccnc1)N1CCOCC1)c1cc(Cl)c[nH]1. The molecule has 3 heterocycles. The lowest BCUT2D eigenvalue weighted by Crippen LogP contribution is -2.43. The van der Waals surface area contributed by atoms with Crippen LogP contribution in [0.15, 0.2) is 36.8 Å². The van der Waals surface area contributed by atoms with Crippen molar-refractivity contribution in [2.24, 2.45) is 0 Å². The normalized spacial score (nSPS) is 16.9. The van der Waals surface area contributed by atoms with E-state index in [0.717, 1.165) is 18.7 Å². The molecule has 1 saturated heterocycles. The number of aromatic nitrogens is 2. The molecule has 0 saturated carbocycles. The Morgan fingerprint density at radius 2 is 2.30 bits per heavy atom. The second kappa shape index (κ2) is 7.59. The lowest BCUT2D eigenvalue weighted by atomic mass is 10.1. The van der Waals surface area contributed by atoms with E-state index in [2.05, 4.69) is 20.2 Å². The van der Waals surface area contributed by atoms with Crippen LogP contribution >= 0.6 is 11.6 Å². The van der Waals surface area contributed by atoms with Crippen molar-refractivity contribution in [1.82, 2.24) is 20.2 Å². The molecule has 0 unspecified atom stereocenters. The second-order valence-corrected chi connectivity index (χ2v) is 5.83. The largest absolute Gasteiger partial charge is 0.379 e. The van der Waals surface area contributed by atoms with Gasteiger partial charge in [-0.15, -0.1) is 0 Å². The predicted molar refractivity (Wildman–Crippen MR) is 87.5 cm³/mol. The zero-order chi connectivity index (χ0) is 16.1. The van der Waals surface area contributed by atoms with Gasteiger partial charge < -0.3 is 15.0 Å². The van der Waals surface area contributed by atoms with Crippen molar-refractivity contribution >= 4 is 17.5 Å². The molecule has 1 atom stereocenters. The van der Waals surface area contributed by atoms with E-state index in [9.17, 15) is 4.79 Å². The first-order valence-corrected chi connectivity index (χ1v) is 7.95. The summed E-state index contributed by atoms with van der Waals surface area (Å²) in [5.41, 5.74) is 1.54. The Labute approximate surface area is 139 Å². The van der Waals surface area contributed by atoms with Crippen molar-refractivity contribution in [3.63, 3.8) is 0 Å². The molecular weight excluding hydrogens is 316 g/mol. The summed E-state index contributed by atoms with van der Waals surface area (Å²) in [7, 11) is 0. The summed E-state index contributed by atoms with van der Waals surface area (Å²) in [5.74, 6) is -0.168. The topological polar surface area (TPSA) is 70.2 Å². The summed E-state index contributed by atoms with van der Waals surface area (Å²) >= 11 is 5.84. The van der Waals surface area contributed by atoms with E-state index in [1.54, 1.807) is 18.5 Å². The third-order valence-electron chi connectivity index (χ3n) is 3.90. The highest BCUT2D eigenvalue weighted by molar-refractivity contribution is 6.30. The van der Waals surface area contributed by atoms with E-state index in [1.165, 1.54) is 0 Å². The Morgan fingerprint density at radius 3 is 2.96 bits per heavy atom. The van der Waals surface area contributed by atoms with Crippen LogP contribution in [0.4, 0.5) is 0 Å². The van der Waals surface area contributed by atoms with Crippen LogP contribution in [0.2, 0.25) is 5.02 Å². The van der Waals surface area contributed by atoms with Crippen molar-refractivity contribution in [2.45, 2.75) is 6.04 Å². The summed E-state index contributed by atoms with van der Waals surface area (Å²) in [4.78, 5) is 21.6. The first kappa shape index (κ1) is 16.0. The molecule has 122 valence electrons. The monoisotopic (exact) mass is 334 g/mol. The Bertz CT molecular complexity index is 641. The van der Waals surface area contributed by atoms with Gasteiger partial charge in [-0.25, -0.2) is 0 Å². The van der Waals surface area contributed by atoms with E-state index >= 15 is 0 Å². The highest BCUT2D eigenvalue weighted by Crippen LogP contribution is 2.20. The minimum Gasteiger partial charge on any atom is -0.379 e. The molecule has 3 rings (SSSR count). The van der Waals surface area contributed by atoms with Crippen molar-refractivity contribution in [3.05, 3.63) is 53.1 Å². The number of nitrogens with one attached hydrogen (secondary N) is 2. The third kappa shape index (κ3) is 4.10. The number of aromatic amines is 1. The fourth-order valence-corrected chi connectivity index (χ4v) is 2.87. The van der Waals surface area contributed by atoms with Gasteiger partial charge in [-0.3, -0.25) is 14.7 Å². The number of hydrogen-bond donors (Lipinski definition) is 2. The highest BCUT2D eigenvalue weighted by atomic mass is 35.5. The minimum atomic E-state index is -0.168. The van der Waals surface area contributed by atoms with Gasteiger partial charge in [-0.1, -0.05) is 17.7 Å². The number of halogens is 1. The van der Waals surface area contributed by atoms with Crippen LogP contribution in [0.25, 0.3) is 0 Å². The molecule has 0 bridgehead atoms. The molecule has 0 radical (unpaired) electrons. The van der Waals surface area contributed by atoms with Gasteiger partial charge >= 0.3 is 0 Å². The van der Waals surface area contributed by atoms with E-state index in [4.69, 9.17) is 16.3 Å². The fraction of sp³-hybridized carbons (Fsp3) is 0.375. The van der Waals surface area contributed by atoms with E-state index in [0.29, 0.717) is 30.5 Å². The van der Waals surface area contributed by atoms with E-state index in [-0.39, 0.29) is 11.9 Å². The van der Waals surface area contributed by atoms with Gasteiger partial charge in [0, 0.05) is 38.2 Å². The number of pyridine rings is 1. The standard InChI is InChI=1S/C16H19ClN4O2/c17-13-8-14(19-10-13)16(22)20-11-15(12-2-1-3-18-9-12)21-4-6-23-7-5-21/h1-3,8-10,15,19H,4-7,11H2,(H,20,22)/t15-/m0/s1. The number of rotatable bonds is 5. The maximum absolute atomic E-state index is 12.2. The van der Waals surface area contributed by atoms with Gasteiger partial charge in [-0.05, 0) is 17.7 Å². The first-order chi connectivity index (χ1) is 11.2. The van der Waals surface area contributed by atoms with Crippen molar-refractivity contribution in [3.8, 4) is 0 Å². The Kier molecular flexibility index (Phi) is 5.27. The fourth-order valence-electron chi connectivity index (χ4n) is 2.70. The van der Waals surface area contributed by atoms with Crippen LogP contribution in [0, 0.1) is 0 Å². The molecule has 0 aromatic carbocycles. The van der Waals surface area contributed by atoms with Crippen LogP contribution in [0.3, 0.4) is 0 Å². The number of H-pyrrole nitrogens is 1. The maximum Gasteiger partial charge on any atom is 0.267 e. The number of morpholine rings is 1. The number of carbonyl (C=O) groups excluding carboxylic acids is 1. The lowest BCUT2D eigenvalue weighted by molar-refractivity contribution is 0.0161. The van der Waals surface area contributed by atoms with Gasteiger partial charge in [0.05, 0.1) is 24.3 Å². The van der Waals surface area contributed by atoms with Gasteiger partial charge in [0.2, 0.25) is 0 Å². The molecule has 0 spiro atoms. The molecule has 0 aliphatic carbocycles. The van der Waals surface area contributed by atoms with Gasteiger partial charge in [0.1, 0.15) is 5.69 Å². The van der Waals surface area contributed by atoms with Crippen LogP contribution < -0.4 is 5.32 Å². The highest BCUT2D eigenvalue weighted by Gasteiger charge is 2.23. The smallest absolute Gasteiger partial charge is 0.267 e. The molecular formula is C16H19ClN4O2. The van der Waals surface area contributed by atoms with Gasteiger partial charge in [0.15, 0.2) is 0 Å². The lowest BCUT2D eigenvalue weighted by Gasteiger charge is -2.34. The van der Waals surface area contributed by atoms with Gasteiger partial charge in [0.25, 0.3) is 5.91 Å². The molecule has 2 aromatic heterocycles. The predicted octanol–water partition coefficient (Wildman–Crippen LogP) is 1.87. The summed E-state index contributed by atoms with van der Waals surface area (Å²) in [6.07, 6.45) is 5.19. The average molecular weight is 335 g/mol. The van der Waals surface area contributed by atoms with Crippen molar-refractivity contribution in [2.75, 3.05) is 32.8 Å². The summed E-state index contributed by atoms with van der Waals surface area (Å²) in [6.45, 7) is 3.59. The van der Waals surface area contributed by atoms with Crippen LogP contribution in [0.1, 0.15) is 22.1 Å². The number of hydrogen-bond acceptors (Lipinski definition) is 4. The molecule has 1 aliphatic heterocycles. The van der Waals surface area contributed by atoms with Crippen LogP contribution in [-0.4, -0.2) is 53.6 Å². The number of nitrogens with zero attached hydrogens (tertiary/aromatic N) is 2. The van der Waals surface area contributed by atoms with Crippen molar-refractivity contribution in [1.29, 1.82) is 0 Å². The molecule has 6 nitrogen and oxygen atoms in total. The van der Waals surface area contributed by atoms with Gasteiger partial charge in [-0.2, -0.15) is 0 Å². The van der Waals surface area contributed by atoms with Crippen LogP contribution in [0.5, 0.6) is 0 Å². The zero-order valence-corrected chi connectivity index (χ0v) is 13.4. The third-order valence-corrected chi connectivity index (χ3v) is 4.12. The summed E-state index contributed by atoms with van der Waals surface area (Å²) < 4.78 is 5.42. The molecule has 7 heteroatoms. The van der Waals surface area contributed by atoms with E-state index < -0.39 is 0 Å². The molecule has 1 aliphatic rings. The minimum absolute atomic E-state index is 0.0713. The Balaban J connectivity index is 1.69. The quantitative estimate of drug-likeness (QED) is 0.875. The van der Waals surface area contributed by atoms with E-state index in [1.807, 2.05) is 18.3 Å². The summed E-state index contributed by atoms with van der Waals surface area (Å²) in [6, 6.07) is 5.63. The number of amides is 1. The molecule has 1 amide bonds. The number of carbonyl (C=O) groups is 1. The average Bonchev–Trinajstić information content (AvgIpc) is 3.03. The summed E-state index contributed by atoms with van der Waals surface area (Å²) in [5, 5.41) is 3.49.